The summed E-state index contributed by atoms with van der Waals surface area (Å²) in [6.45, 7) is 8.66. The Bertz CT molecular complexity index is 394. The summed E-state index contributed by atoms with van der Waals surface area (Å²) in [5.41, 5.74) is 0.807. The minimum Gasteiger partial charge on any atom is -0.411 e. The van der Waals surface area contributed by atoms with Crippen LogP contribution in [0.15, 0.2) is 23.5 Å². The number of hydrogen-bond donors (Lipinski definition) is 1. The largest absolute Gasteiger partial charge is 0.411 e. The molecule has 98 valence electrons. The van der Waals surface area contributed by atoms with Crippen LogP contribution in [0.1, 0.15) is 19.4 Å². The van der Waals surface area contributed by atoms with E-state index in [2.05, 4.69) is 33.8 Å². The Morgan fingerprint density at radius 3 is 2.50 bits per heavy atom. The molecule has 1 aliphatic rings. The zero-order valence-corrected chi connectivity index (χ0v) is 11.0. The molecule has 0 aromatic carbocycles. The normalized spacial score (nSPS) is 17.8. The second kappa shape index (κ2) is 5.82. The van der Waals surface area contributed by atoms with Crippen molar-refractivity contribution in [2.75, 3.05) is 31.1 Å². The Labute approximate surface area is 108 Å². The van der Waals surface area contributed by atoms with Gasteiger partial charge in [-0.3, -0.25) is 4.90 Å². The van der Waals surface area contributed by atoms with Gasteiger partial charge < -0.3 is 10.1 Å². The molecule has 0 aliphatic carbocycles. The molecule has 0 bridgehead atoms. The first-order chi connectivity index (χ1) is 8.70. The molecular weight excluding hydrogens is 228 g/mol. The average Bonchev–Trinajstić information content (AvgIpc) is 2.40. The number of hydrogen-bond acceptors (Lipinski definition) is 5. The van der Waals surface area contributed by atoms with Crippen molar-refractivity contribution in [1.82, 2.24) is 9.88 Å². The van der Waals surface area contributed by atoms with Crippen LogP contribution >= 0.6 is 0 Å². The molecule has 1 saturated heterocycles. The molecule has 1 fully saturated rings. The third-order valence-electron chi connectivity index (χ3n) is 3.35. The van der Waals surface area contributed by atoms with Gasteiger partial charge in [0.25, 0.3) is 0 Å². The van der Waals surface area contributed by atoms with Crippen molar-refractivity contribution < 1.29 is 5.21 Å². The fraction of sp³-hybridized carbons (Fsp3) is 0.538. The van der Waals surface area contributed by atoms with Crippen LogP contribution in [0.4, 0.5) is 5.82 Å². The SMILES string of the molecule is CC(C)N1CCN(c2ccc(/C=N/O)cn2)CC1. The zero-order chi connectivity index (χ0) is 13.0. The molecule has 0 atom stereocenters. The van der Waals surface area contributed by atoms with Crippen LogP contribution in [0.2, 0.25) is 0 Å². The van der Waals surface area contributed by atoms with E-state index in [1.165, 1.54) is 6.21 Å². The van der Waals surface area contributed by atoms with Crippen molar-refractivity contribution in [2.24, 2.45) is 5.16 Å². The summed E-state index contributed by atoms with van der Waals surface area (Å²) >= 11 is 0. The van der Waals surface area contributed by atoms with Crippen LogP contribution < -0.4 is 4.90 Å². The van der Waals surface area contributed by atoms with Gasteiger partial charge in [-0.1, -0.05) is 5.16 Å². The maximum Gasteiger partial charge on any atom is 0.128 e. The Balaban J connectivity index is 1.97. The Morgan fingerprint density at radius 1 is 1.28 bits per heavy atom. The predicted molar refractivity (Wildman–Crippen MR) is 72.5 cm³/mol. The van der Waals surface area contributed by atoms with Gasteiger partial charge in [0, 0.05) is 44.0 Å². The highest BCUT2D eigenvalue weighted by atomic mass is 16.4. The first-order valence-corrected chi connectivity index (χ1v) is 6.33. The molecule has 0 unspecified atom stereocenters. The maximum atomic E-state index is 8.44. The number of piperazine rings is 1. The molecule has 1 aromatic rings. The summed E-state index contributed by atoms with van der Waals surface area (Å²) in [4.78, 5) is 9.16. The molecule has 5 heteroatoms. The van der Waals surface area contributed by atoms with E-state index in [0.29, 0.717) is 6.04 Å². The quantitative estimate of drug-likeness (QED) is 0.499. The predicted octanol–water partition coefficient (Wildman–Crippen LogP) is 1.42. The molecule has 18 heavy (non-hydrogen) atoms. The summed E-state index contributed by atoms with van der Waals surface area (Å²) in [6.07, 6.45) is 3.11. The number of anilines is 1. The Hall–Kier alpha value is -1.62. The molecule has 2 heterocycles. The van der Waals surface area contributed by atoms with Crippen molar-refractivity contribution in [3.63, 3.8) is 0 Å². The van der Waals surface area contributed by atoms with E-state index in [9.17, 15) is 0 Å². The number of oxime groups is 1. The number of aromatic nitrogens is 1. The molecule has 5 nitrogen and oxygen atoms in total. The molecule has 1 aromatic heterocycles. The smallest absolute Gasteiger partial charge is 0.128 e. The number of pyridine rings is 1. The van der Waals surface area contributed by atoms with Crippen molar-refractivity contribution in [3.05, 3.63) is 23.9 Å². The van der Waals surface area contributed by atoms with Gasteiger partial charge in [0.2, 0.25) is 0 Å². The van der Waals surface area contributed by atoms with Crippen molar-refractivity contribution in [3.8, 4) is 0 Å². The van der Waals surface area contributed by atoms with E-state index in [0.717, 1.165) is 37.6 Å². The fourth-order valence-electron chi connectivity index (χ4n) is 2.20. The van der Waals surface area contributed by atoms with Crippen LogP contribution in [-0.2, 0) is 0 Å². The van der Waals surface area contributed by atoms with E-state index in [4.69, 9.17) is 5.21 Å². The van der Waals surface area contributed by atoms with Gasteiger partial charge in [-0.2, -0.15) is 0 Å². The van der Waals surface area contributed by atoms with E-state index in [-0.39, 0.29) is 0 Å². The van der Waals surface area contributed by atoms with Crippen LogP contribution in [0.5, 0.6) is 0 Å². The van der Waals surface area contributed by atoms with Gasteiger partial charge in [-0.25, -0.2) is 4.98 Å². The summed E-state index contributed by atoms with van der Waals surface area (Å²) in [7, 11) is 0. The summed E-state index contributed by atoms with van der Waals surface area (Å²) in [5, 5.41) is 11.4. The number of rotatable bonds is 3. The van der Waals surface area contributed by atoms with Gasteiger partial charge in [0.15, 0.2) is 0 Å². The lowest BCUT2D eigenvalue weighted by Gasteiger charge is -2.37. The highest BCUT2D eigenvalue weighted by molar-refractivity contribution is 5.78. The fourth-order valence-corrected chi connectivity index (χ4v) is 2.20. The monoisotopic (exact) mass is 248 g/mol. The van der Waals surface area contributed by atoms with Crippen LogP contribution in [0.25, 0.3) is 0 Å². The average molecular weight is 248 g/mol. The Kier molecular flexibility index (Phi) is 4.15. The molecule has 1 aliphatic heterocycles. The zero-order valence-electron chi connectivity index (χ0n) is 11.0. The van der Waals surface area contributed by atoms with Crippen LogP contribution in [0.3, 0.4) is 0 Å². The highest BCUT2D eigenvalue weighted by Gasteiger charge is 2.19. The van der Waals surface area contributed by atoms with Crippen molar-refractivity contribution >= 4 is 12.0 Å². The summed E-state index contributed by atoms with van der Waals surface area (Å²) < 4.78 is 0. The lowest BCUT2D eigenvalue weighted by atomic mass is 10.2. The first-order valence-electron chi connectivity index (χ1n) is 6.33. The third kappa shape index (κ3) is 2.98. The summed E-state index contributed by atoms with van der Waals surface area (Å²) in [5.74, 6) is 0.994. The molecule has 0 spiro atoms. The third-order valence-corrected chi connectivity index (χ3v) is 3.35. The molecular formula is C13H20N4O. The van der Waals surface area contributed by atoms with Crippen molar-refractivity contribution in [1.29, 1.82) is 0 Å². The highest BCUT2D eigenvalue weighted by Crippen LogP contribution is 2.14. The Morgan fingerprint density at radius 2 is 2.00 bits per heavy atom. The van der Waals surface area contributed by atoms with E-state index < -0.39 is 0 Å². The molecule has 0 amide bonds. The van der Waals surface area contributed by atoms with Gasteiger partial charge >= 0.3 is 0 Å². The summed E-state index contributed by atoms with van der Waals surface area (Å²) in [6, 6.07) is 4.50. The second-order valence-electron chi connectivity index (χ2n) is 4.81. The minimum atomic E-state index is 0.614. The maximum absolute atomic E-state index is 8.44. The lowest BCUT2D eigenvalue weighted by molar-refractivity contribution is 0.209. The second-order valence-corrected chi connectivity index (χ2v) is 4.81. The first kappa shape index (κ1) is 12.8. The van der Waals surface area contributed by atoms with Gasteiger partial charge in [-0.05, 0) is 26.0 Å². The van der Waals surface area contributed by atoms with Crippen LogP contribution in [0, 0.1) is 0 Å². The van der Waals surface area contributed by atoms with Crippen molar-refractivity contribution in [2.45, 2.75) is 19.9 Å². The lowest BCUT2D eigenvalue weighted by Crippen LogP contribution is -2.49. The van der Waals surface area contributed by atoms with E-state index in [1.54, 1.807) is 6.20 Å². The van der Waals surface area contributed by atoms with E-state index in [1.807, 2.05) is 12.1 Å². The topological polar surface area (TPSA) is 52.0 Å². The van der Waals surface area contributed by atoms with Gasteiger partial charge in [-0.15, -0.1) is 0 Å². The molecule has 1 N–H and O–H groups in total. The molecule has 0 saturated carbocycles. The van der Waals surface area contributed by atoms with Gasteiger partial charge in [0.1, 0.15) is 5.82 Å². The molecule has 2 rings (SSSR count). The van der Waals surface area contributed by atoms with E-state index >= 15 is 0 Å². The number of nitrogens with zero attached hydrogens (tertiary/aromatic N) is 4. The van der Waals surface area contributed by atoms with Crippen LogP contribution in [-0.4, -0.2) is 53.5 Å². The van der Waals surface area contributed by atoms with Gasteiger partial charge in [0.05, 0.1) is 6.21 Å². The molecule has 0 radical (unpaired) electrons. The minimum absolute atomic E-state index is 0.614. The standard InChI is InChI=1S/C13H20N4O/c1-11(2)16-5-7-17(8-6-16)13-4-3-12(9-14-13)10-15-18/h3-4,9-11,18H,5-8H2,1-2H3/b15-10+.